The standard InChI is InChI=1S/C68H122O6/c1-4-7-10-13-16-19-22-25-28-31-33-34-36-37-40-43-46-49-52-55-58-61-67(70)73-64-65(63-72-66(69)60-57-54-51-48-45-42-39-30-27-24-21-18-15-12-9-6-3)74-68(71)62-59-56-53-50-47-44-41-38-35-32-29-26-23-20-17-14-11-8-5-2/h22,25-26,29-31,33,36-37,39,65H,4-21,23-24,27-28,32,34-35,38,40-64H2,1-3H3/b25-22-,29-26-,33-31-,37-36-,39-30-. The van der Waals surface area contributed by atoms with Crippen molar-refractivity contribution >= 4 is 17.9 Å². The predicted octanol–water partition coefficient (Wildman–Crippen LogP) is 21.9. The molecular formula is C68H122O6. The van der Waals surface area contributed by atoms with Gasteiger partial charge in [0.25, 0.3) is 0 Å². The van der Waals surface area contributed by atoms with E-state index in [1.165, 1.54) is 212 Å². The Morgan fingerprint density at radius 3 is 0.770 bits per heavy atom. The van der Waals surface area contributed by atoms with Gasteiger partial charge in [0.15, 0.2) is 6.10 Å². The van der Waals surface area contributed by atoms with Gasteiger partial charge in [-0.3, -0.25) is 14.4 Å². The Labute approximate surface area is 460 Å². The summed E-state index contributed by atoms with van der Waals surface area (Å²) < 4.78 is 16.9. The topological polar surface area (TPSA) is 78.9 Å². The highest BCUT2D eigenvalue weighted by Gasteiger charge is 2.19. The van der Waals surface area contributed by atoms with Gasteiger partial charge >= 0.3 is 17.9 Å². The molecule has 0 N–H and O–H groups in total. The lowest BCUT2D eigenvalue weighted by Gasteiger charge is -2.18. The highest BCUT2D eigenvalue weighted by atomic mass is 16.6. The van der Waals surface area contributed by atoms with Crippen LogP contribution in [0.15, 0.2) is 60.8 Å². The Hall–Kier alpha value is -2.89. The highest BCUT2D eigenvalue weighted by Crippen LogP contribution is 2.16. The van der Waals surface area contributed by atoms with Gasteiger partial charge in [-0.15, -0.1) is 0 Å². The van der Waals surface area contributed by atoms with Crippen LogP contribution in [0.3, 0.4) is 0 Å². The molecule has 0 aromatic rings. The second-order valence-corrected chi connectivity index (χ2v) is 21.7. The molecule has 0 amide bonds. The van der Waals surface area contributed by atoms with Crippen molar-refractivity contribution in [3.05, 3.63) is 60.8 Å². The van der Waals surface area contributed by atoms with Crippen molar-refractivity contribution in [2.75, 3.05) is 13.2 Å². The molecule has 0 aliphatic carbocycles. The Morgan fingerprint density at radius 2 is 0.486 bits per heavy atom. The molecule has 430 valence electrons. The number of hydrogen-bond acceptors (Lipinski definition) is 6. The number of carbonyl (C=O) groups excluding carboxylic acids is 3. The maximum Gasteiger partial charge on any atom is 0.306 e. The second-order valence-electron chi connectivity index (χ2n) is 21.7. The lowest BCUT2D eigenvalue weighted by atomic mass is 10.1. The van der Waals surface area contributed by atoms with Gasteiger partial charge in [0.05, 0.1) is 0 Å². The summed E-state index contributed by atoms with van der Waals surface area (Å²) in [5.41, 5.74) is 0. The maximum atomic E-state index is 12.9. The summed E-state index contributed by atoms with van der Waals surface area (Å²) in [5, 5.41) is 0. The Balaban J connectivity index is 4.39. The fourth-order valence-corrected chi connectivity index (χ4v) is 9.32. The molecule has 1 atom stereocenters. The monoisotopic (exact) mass is 1030 g/mol. The molecule has 0 spiro atoms. The van der Waals surface area contributed by atoms with Crippen LogP contribution in [0.1, 0.15) is 335 Å². The van der Waals surface area contributed by atoms with Crippen molar-refractivity contribution in [1.29, 1.82) is 0 Å². The van der Waals surface area contributed by atoms with Crippen molar-refractivity contribution in [2.45, 2.75) is 341 Å². The molecule has 0 heterocycles. The van der Waals surface area contributed by atoms with E-state index >= 15 is 0 Å². The first-order valence-electron chi connectivity index (χ1n) is 32.3. The average Bonchev–Trinajstić information content (AvgIpc) is 3.40. The van der Waals surface area contributed by atoms with Gasteiger partial charge < -0.3 is 14.2 Å². The van der Waals surface area contributed by atoms with Crippen LogP contribution in [-0.2, 0) is 28.6 Å². The molecule has 6 heteroatoms. The third kappa shape index (κ3) is 60.0. The number of esters is 3. The van der Waals surface area contributed by atoms with E-state index in [1.54, 1.807) is 0 Å². The molecule has 0 saturated carbocycles. The zero-order valence-electron chi connectivity index (χ0n) is 49.4. The first kappa shape index (κ1) is 71.1. The van der Waals surface area contributed by atoms with Crippen molar-refractivity contribution in [2.24, 2.45) is 0 Å². The van der Waals surface area contributed by atoms with Crippen molar-refractivity contribution in [3.63, 3.8) is 0 Å². The SMILES string of the molecule is CCCCCCC/C=C\C/C=C\C/C=C\CCCCCCCCC(=O)OCC(COC(=O)CCCCCCC/C=C\CCCCCCCCC)OC(=O)CCCCCCCCCCC/C=C\CCCCCCCC. The zero-order chi connectivity index (χ0) is 53.6. The van der Waals surface area contributed by atoms with Crippen LogP contribution in [0.5, 0.6) is 0 Å². The van der Waals surface area contributed by atoms with E-state index in [0.29, 0.717) is 19.3 Å². The molecule has 0 aliphatic heterocycles. The molecule has 6 nitrogen and oxygen atoms in total. The molecule has 0 aromatic carbocycles. The number of rotatable bonds is 59. The minimum atomic E-state index is -0.785. The Morgan fingerprint density at radius 1 is 0.270 bits per heavy atom. The van der Waals surface area contributed by atoms with Crippen molar-refractivity contribution < 1.29 is 28.6 Å². The van der Waals surface area contributed by atoms with Crippen LogP contribution < -0.4 is 0 Å². The van der Waals surface area contributed by atoms with E-state index in [0.717, 1.165) is 83.5 Å². The minimum absolute atomic E-state index is 0.0820. The lowest BCUT2D eigenvalue weighted by Crippen LogP contribution is -2.30. The zero-order valence-corrected chi connectivity index (χ0v) is 49.4. The first-order chi connectivity index (χ1) is 36.5. The number of hydrogen-bond donors (Lipinski definition) is 0. The number of allylic oxidation sites excluding steroid dienone is 10. The molecule has 1 unspecified atom stereocenters. The molecule has 0 aromatic heterocycles. The normalized spacial score (nSPS) is 12.4. The third-order valence-corrected chi connectivity index (χ3v) is 14.2. The van der Waals surface area contributed by atoms with Gasteiger partial charge in [-0.1, -0.05) is 268 Å². The first-order valence-corrected chi connectivity index (χ1v) is 32.3. The van der Waals surface area contributed by atoms with Crippen LogP contribution in [0.4, 0.5) is 0 Å². The summed E-state index contributed by atoms with van der Waals surface area (Å²) in [6.07, 6.45) is 79.3. The van der Waals surface area contributed by atoms with E-state index < -0.39 is 6.10 Å². The quantitative estimate of drug-likeness (QED) is 0.0261. The smallest absolute Gasteiger partial charge is 0.306 e. The van der Waals surface area contributed by atoms with Crippen LogP contribution in [-0.4, -0.2) is 37.2 Å². The maximum absolute atomic E-state index is 12.9. The number of unbranched alkanes of at least 4 members (excludes halogenated alkanes) is 38. The van der Waals surface area contributed by atoms with E-state index in [4.69, 9.17) is 14.2 Å². The Kier molecular flexibility index (Phi) is 60.2. The molecule has 0 saturated heterocycles. The van der Waals surface area contributed by atoms with Crippen LogP contribution in [0.2, 0.25) is 0 Å². The van der Waals surface area contributed by atoms with Gasteiger partial charge in [0.1, 0.15) is 13.2 Å². The van der Waals surface area contributed by atoms with Crippen LogP contribution in [0.25, 0.3) is 0 Å². The van der Waals surface area contributed by atoms with Crippen LogP contribution >= 0.6 is 0 Å². The summed E-state index contributed by atoms with van der Waals surface area (Å²) in [4.78, 5) is 38.3. The van der Waals surface area contributed by atoms with E-state index in [-0.39, 0.29) is 31.1 Å². The molecule has 0 radical (unpaired) electrons. The fraction of sp³-hybridized carbons (Fsp3) is 0.809. The fourth-order valence-electron chi connectivity index (χ4n) is 9.32. The molecular weight excluding hydrogens is 913 g/mol. The predicted molar refractivity (Wildman–Crippen MR) is 321 cm³/mol. The Bertz CT molecular complexity index is 1330. The molecule has 0 rings (SSSR count). The number of ether oxygens (including phenoxy) is 3. The summed E-state index contributed by atoms with van der Waals surface area (Å²) in [5.74, 6) is -0.887. The lowest BCUT2D eigenvalue weighted by molar-refractivity contribution is -0.167. The van der Waals surface area contributed by atoms with Crippen LogP contribution in [0, 0.1) is 0 Å². The van der Waals surface area contributed by atoms with Gasteiger partial charge in [-0.05, 0) is 109 Å². The third-order valence-electron chi connectivity index (χ3n) is 14.2. The van der Waals surface area contributed by atoms with Crippen molar-refractivity contribution in [1.82, 2.24) is 0 Å². The molecule has 0 bridgehead atoms. The number of carbonyl (C=O) groups is 3. The molecule has 74 heavy (non-hydrogen) atoms. The minimum Gasteiger partial charge on any atom is -0.462 e. The average molecular weight is 1040 g/mol. The summed E-state index contributed by atoms with van der Waals surface area (Å²) in [7, 11) is 0. The van der Waals surface area contributed by atoms with Gasteiger partial charge in [-0.2, -0.15) is 0 Å². The largest absolute Gasteiger partial charge is 0.462 e. The van der Waals surface area contributed by atoms with E-state index in [2.05, 4.69) is 81.5 Å². The highest BCUT2D eigenvalue weighted by molar-refractivity contribution is 5.71. The summed E-state index contributed by atoms with van der Waals surface area (Å²) >= 11 is 0. The van der Waals surface area contributed by atoms with Gasteiger partial charge in [-0.25, -0.2) is 0 Å². The van der Waals surface area contributed by atoms with Gasteiger partial charge in [0, 0.05) is 19.3 Å². The summed E-state index contributed by atoms with van der Waals surface area (Å²) in [6.45, 7) is 6.65. The van der Waals surface area contributed by atoms with Gasteiger partial charge in [0.2, 0.25) is 0 Å². The molecule has 0 fully saturated rings. The summed E-state index contributed by atoms with van der Waals surface area (Å²) in [6, 6.07) is 0. The second kappa shape index (κ2) is 62.6. The van der Waals surface area contributed by atoms with E-state index in [9.17, 15) is 14.4 Å². The van der Waals surface area contributed by atoms with E-state index in [1.807, 2.05) is 0 Å². The molecule has 0 aliphatic rings. The van der Waals surface area contributed by atoms with Crippen molar-refractivity contribution in [3.8, 4) is 0 Å².